The number of carbonyl (C=O) groups is 1. The van der Waals surface area contributed by atoms with Gasteiger partial charge in [0.15, 0.2) is 11.9 Å². The van der Waals surface area contributed by atoms with E-state index in [4.69, 9.17) is 14.6 Å². The lowest BCUT2D eigenvalue weighted by Gasteiger charge is -2.39. The van der Waals surface area contributed by atoms with Gasteiger partial charge in [-0.3, -0.25) is 0 Å². The predicted octanol–water partition coefficient (Wildman–Crippen LogP) is 0.776. The van der Waals surface area contributed by atoms with Crippen LogP contribution in [-0.4, -0.2) is 40.8 Å². The molecule has 1 rings (SSSR count). The molecule has 92 valence electrons. The average Bonchev–Trinajstić information content (AvgIpc) is 2.17. The topological polar surface area (TPSA) is 76.0 Å². The maximum absolute atomic E-state index is 10.7. The van der Waals surface area contributed by atoms with Crippen molar-refractivity contribution in [2.24, 2.45) is 5.92 Å². The summed E-state index contributed by atoms with van der Waals surface area (Å²) in [5.41, 5.74) is 0. The summed E-state index contributed by atoms with van der Waals surface area (Å²) >= 11 is 0. The van der Waals surface area contributed by atoms with E-state index in [0.29, 0.717) is 13.0 Å². The summed E-state index contributed by atoms with van der Waals surface area (Å²) in [5, 5.41) is 18.3. The second kappa shape index (κ2) is 4.95. The smallest absolute Gasteiger partial charge is 0.333 e. The van der Waals surface area contributed by atoms with Gasteiger partial charge in [0.25, 0.3) is 0 Å². The molecule has 16 heavy (non-hydrogen) atoms. The van der Waals surface area contributed by atoms with Gasteiger partial charge in [0.2, 0.25) is 0 Å². The third kappa shape index (κ3) is 3.04. The van der Waals surface area contributed by atoms with Crippen molar-refractivity contribution in [3.8, 4) is 0 Å². The molecule has 0 saturated carbocycles. The lowest BCUT2D eigenvalue weighted by atomic mass is 9.93. The van der Waals surface area contributed by atoms with Crippen LogP contribution in [0.15, 0.2) is 12.7 Å². The molecule has 0 aromatic rings. The summed E-state index contributed by atoms with van der Waals surface area (Å²) in [5.74, 6) is -2.64. The normalized spacial score (nSPS) is 28.1. The van der Waals surface area contributed by atoms with E-state index in [-0.39, 0.29) is 6.10 Å². The van der Waals surface area contributed by atoms with Crippen molar-refractivity contribution in [2.75, 3.05) is 6.61 Å². The van der Waals surface area contributed by atoms with Gasteiger partial charge in [-0.2, -0.15) is 0 Å². The fourth-order valence-corrected chi connectivity index (χ4v) is 1.80. The van der Waals surface area contributed by atoms with E-state index >= 15 is 0 Å². The van der Waals surface area contributed by atoms with Gasteiger partial charge >= 0.3 is 5.97 Å². The Kier molecular flexibility index (Phi) is 4.07. The largest absolute Gasteiger partial charge is 0.479 e. The van der Waals surface area contributed by atoms with Crippen molar-refractivity contribution in [3.05, 3.63) is 12.7 Å². The number of carboxylic acid groups (broad SMARTS) is 1. The Labute approximate surface area is 94.7 Å². The number of ether oxygens (including phenoxy) is 2. The maximum Gasteiger partial charge on any atom is 0.333 e. The second-order valence-electron chi connectivity index (χ2n) is 4.29. The zero-order valence-corrected chi connectivity index (χ0v) is 9.55. The fourth-order valence-electron chi connectivity index (χ4n) is 1.80. The summed E-state index contributed by atoms with van der Waals surface area (Å²) < 4.78 is 10.9. The Hall–Kier alpha value is -0.910. The summed E-state index contributed by atoms with van der Waals surface area (Å²) in [6.07, 6.45) is 0.0960. The minimum Gasteiger partial charge on any atom is -0.479 e. The van der Waals surface area contributed by atoms with E-state index in [2.05, 4.69) is 6.58 Å². The monoisotopic (exact) mass is 230 g/mol. The van der Waals surface area contributed by atoms with Crippen LogP contribution in [-0.2, 0) is 14.3 Å². The molecule has 1 saturated heterocycles. The molecule has 1 aliphatic rings. The standard InChI is InChI=1S/C11H18O5/c1-4-7(9(12)10(13)14)8-5-6-15-11(2,3)16-8/h4,7-9,12H,1,5-6H2,2-3H3,(H,13,14). The van der Waals surface area contributed by atoms with Crippen molar-refractivity contribution >= 4 is 5.97 Å². The van der Waals surface area contributed by atoms with Crippen molar-refractivity contribution in [1.29, 1.82) is 0 Å². The Morgan fingerprint density at radius 3 is 2.69 bits per heavy atom. The number of hydrogen-bond acceptors (Lipinski definition) is 4. The first kappa shape index (κ1) is 13.2. The van der Waals surface area contributed by atoms with Crippen LogP contribution in [0.25, 0.3) is 0 Å². The number of hydrogen-bond donors (Lipinski definition) is 2. The first-order valence-corrected chi connectivity index (χ1v) is 5.22. The molecule has 5 nitrogen and oxygen atoms in total. The van der Waals surface area contributed by atoms with Crippen LogP contribution < -0.4 is 0 Å². The van der Waals surface area contributed by atoms with Gasteiger partial charge in [0.1, 0.15) is 0 Å². The minimum atomic E-state index is -1.49. The number of aliphatic carboxylic acids is 1. The number of rotatable bonds is 4. The van der Waals surface area contributed by atoms with E-state index < -0.39 is 23.8 Å². The highest BCUT2D eigenvalue weighted by atomic mass is 16.7. The van der Waals surface area contributed by atoms with Crippen LogP contribution in [0.4, 0.5) is 0 Å². The molecule has 0 radical (unpaired) electrons. The number of aliphatic hydroxyl groups excluding tert-OH is 1. The molecule has 0 spiro atoms. The molecule has 0 aromatic carbocycles. The number of carboxylic acids is 1. The molecule has 2 N–H and O–H groups in total. The maximum atomic E-state index is 10.7. The molecule has 0 aromatic heterocycles. The fraction of sp³-hybridized carbons (Fsp3) is 0.727. The Morgan fingerprint density at radius 1 is 1.62 bits per heavy atom. The van der Waals surface area contributed by atoms with E-state index in [1.807, 2.05) is 0 Å². The lowest BCUT2D eigenvalue weighted by molar-refractivity contribution is -0.283. The summed E-state index contributed by atoms with van der Waals surface area (Å²) in [6.45, 7) is 7.54. The highest BCUT2D eigenvalue weighted by Gasteiger charge is 2.38. The van der Waals surface area contributed by atoms with E-state index in [9.17, 15) is 9.90 Å². The Balaban J connectivity index is 2.73. The zero-order chi connectivity index (χ0) is 12.3. The molecule has 5 heteroatoms. The van der Waals surface area contributed by atoms with Crippen LogP contribution in [0.2, 0.25) is 0 Å². The van der Waals surface area contributed by atoms with Crippen molar-refractivity contribution in [3.63, 3.8) is 0 Å². The van der Waals surface area contributed by atoms with E-state index in [1.54, 1.807) is 13.8 Å². The lowest BCUT2D eigenvalue weighted by Crippen LogP contribution is -2.46. The first-order valence-electron chi connectivity index (χ1n) is 5.22. The molecule has 0 bridgehead atoms. The van der Waals surface area contributed by atoms with Gasteiger partial charge in [-0.05, 0) is 20.3 Å². The molecule has 1 fully saturated rings. The Morgan fingerprint density at radius 2 is 2.25 bits per heavy atom. The van der Waals surface area contributed by atoms with Crippen molar-refractivity contribution < 1.29 is 24.5 Å². The van der Waals surface area contributed by atoms with Crippen LogP contribution in [0.5, 0.6) is 0 Å². The van der Waals surface area contributed by atoms with Crippen LogP contribution in [0.3, 0.4) is 0 Å². The predicted molar refractivity (Wildman–Crippen MR) is 56.9 cm³/mol. The average molecular weight is 230 g/mol. The third-order valence-electron chi connectivity index (χ3n) is 2.61. The first-order chi connectivity index (χ1) is 7.37. The molecular weight excluding hydrogens is 212 g/mol. The van der Waals surface area contributed by atoms with E-state index in [0.717, 1.165) is 0 Å². The second-order valence-corrected chi connectivity index (χ2v) is 4.29. The SMILES string of the molecule is C=CC(C1CCOC(C)(C)O1)C(O)C(=O)O. The molecule has 1 heterocycles. The third-order valence-corrected chi connectivity index (χ3v) is 2.61. The van der Waals surface area contributed by atoms with Crippen LogP contribution in [0.1, 0.15) is 20.3 Å². The molecular formula is C11H18O5. The quantitative estimate of drug-likeness (QED) is 0.698. The van der Waals surface area contributed by atoms with E-state index in [1.165, 1.54) is 6.08 Å². The van der Waals surface area contributed by atoms with Gasteiger partial charge in [-0.25, -0.2) is 4.79 Å². The summed E-state index contributed by atoms with van der Waals surface area (Å²) in [7, 11) is 0. The van der Waals surface area contributed by atoms with Gasteiger partial charge in [0, 0.05) is 5.92 Å². The molecule has 3 unspecified atom stereocenters. The van der Waals surface area contributed by atoms with Gasteiger partial charge in [-0.15, -0.1) is 6.58 Å². The van der Waals surface area contributed by atoms with Crippen molar-refractivity contribution in [2.45, 2.75) is 38.3 Å². The number of aliphatic hydroxyl groups is 1. The summed E-state index contributed by atoms with van der Waals surface area (Å²) in [6, 6.07) is 0. The highest BCUT2D eigenvalue weighted by Crippen LogP contribution is 2.28. The van der Waals surface area contributed by atoms with Crippen LogP contribution >= 0.6 is 0 Å². The molecule has 0 amide bonds. The van der Waals surface area contributed by atoms with Gasteiger partial charge in [-0.1, -0.05) is 6.08 Å². The summed E-state index contributed by atoms with van der Waals surface area (Å²) in [4.78, 5) is 10.7. The minimum absolute atomic E-state index is 0.382. The molecule has 1 aliphatic heterocycles. The van der Waals surface area contributed by atoms with Crippen LogP contribution in [0, 0.1) is 5.92 Å². The van der Waals surface area contributed by atoms with Gasteiger partial charge in [0.05, 0.1) is 12.7 Å². The van der Waals surface area contributed by atoms with Crippen molar-refractivity contribution in [1.82, 2.24) is 0 Å². The molecule has 0 aliphatic carbocycles. The molecule has 3 atom stereocenters. The Bertz CT molecular complexity index is 274. The zero-order valence-electron chi connectivity index (χ0n) is 9.55. The highest BCUT2D eigenvalue weighted by molar-refractivity contribution is 5.72. The van der Waals surface area contributed by atoms with Gasteiger partial charge < -0.3 is 19.7 Å².